The lowest BCUT2D eigenvalue weighted by atomic mass is 9.96. The molecule has 1 aliphatic rings. The topological polar surface area (TPSA) is 82.5 Å². The molecule has 0 spiro atoms. The third-order valence-corrected chi connectivity index (χ3v) is 4.05. The number of rotatable bonds is 2. The van der Waals surface area contributed by atoms with Gasteiger partial charge in [0, 0.05) is 18.5 Å². The largest absolute Gasteiger partial charge is 0.481 e. The Labute approximate surface area is 121 Å². The van der Waals surface area contributed by atoms with Crippen LogP contribution in [0.5, 0.6) is 0 Å². The van der Waals surface area contributed by atoms with Crippen LogP contribution >= 0.6 is 11.3 Å². The Morgan fingerprint density at radius 3 is 2.57 bits per heavy atom. The molecular weight excluding hydrogens is 311 g/mol. The zero-order chi connectivity index (χ0) is 15.8. The number of thiazole rings is 1. The van der Waals surface area contributed by atoms with Crippen LogP contribution in [0.3, 0.4) is 0 Å². The predicted octanol–water partition coefficient (Wildman–Crippen LogP) is 2.18. The highest BCUT2D eigenvalue weighted by atomic mass is 32.1. The first-order valence-electron chi connectivity index (χ1n) is 5.96. The van der Waals surface area contributed by atoms with E-state index in [1.54, 1.807) is 12.3 Å². The van der Waals surface area contributed by atoms with Crippen molar-refractivity contribution in [3.8, 4) is 0 Å². The van der Waals surface area contributed by atoms with Gasteiger partial charge in [-0.05, 0) is 6.92 Å². The van der Waals surface area contributed by atoms with Crippen LogP contribution in [0.25, 0.3) is 0 Å². The van der Waals surface area contributed by atoms with E-state index in [2.05, 4.69) is 10.3 Å². The van der Waals surface area contributed by atoms with Crippen LogP contribution in [-0.4, -0.2) is 46.3 Å². The number of carboxylic acids is 1. The molecule has 0 bridgehead atoms. The van der Waals surface area contributed by atoms with Crippen LogP contribution in [-0.2, 0) is 4.79 Å². The molecule has 6 nitrogen and oxygen atoms in total. The van der Waals surface area contributed by atoms with Crippen molar-refractivity contribution in [2.24, 2.45) is 11.8 Å². The molecule has 0 radical (unpaired) electrons. The number of aromatic nitrogens is 1. The zero-order valence-corrected chi connectivity index (χ0v) is 11.7. The average molecular weight is 323 g/mol. The molecule has 2 N–H and O–H groups in total. The minimum Gasteiger partial charge on any atom is -0.481 e. The van der Waals surface area contributed by atoms with E-state index in [1.807, 2.05) is 0 Å². The van der Waals surface area contributed by atoms with E-state index in [4.69, 9.17) is 5.11 Å². The van der Waals surface area contributed by atoms with Crippen molar-refractivity contribution in [1.29, 1.82) is 0 Å². The van der Waals surface area contributed by atoms with Crippen molar-refractivity contribution >= 4 is 28.5 Å². The summed E-state index contributed by atoms with van der Waals surface area (Å²) in [6, 6.07) is -0.776. The number of hydrogen-bond donors (Lipinski definition) is 2. The minimum atomic E-state index is -4.66. The van der Waals surface area contributed by atoms with Crippen LogP contribution in [0.2, 0.25) is 0 Å². The zero-order valence-electron chi connectivity index (χ0n) is 10.8. The molecule has 10 heteroatoms. The molecule has 2 atom stereocenters. The maximum Gasteiger partial charge on any atom is 0.394 e. The van der Waals surface area contributed by atoms with Gasteiger partial charge in [-0.1, -0.05) is 0 Å². The summed E-state index contributed by atoms with van der Waals surface area (Å²) in [4.78, 5) is 27.6. The van der Waals surface area contributed by atoms with Crippen molar-refractivity contribution in [3.63, 3.8) is 0 Å². The van der Waals surface area contributed by atoms with Gasteiger partial charge in [0.15, 0.2) is 5.13 Å². The highest BCUT2D eigenvalue weighted by Gasteiger charge is 2.53. The van der Waals surface area contributed by atoms with Crippen molar-refractivity contribution in [2.75, 3.05) is 18.4 Å². The highest BCUT2D eigenvalue weighted by molar-refractivity contribution is 7.13. The molecule has 1 saturated heterocycles. The fourth-order valence-electron chi connectivity index (χ4n) is 2.13. The minimum absolute atomic E-state index is 0.264. The molecule has 1 aromatic rings. The van der Waals surface area contributed by atoms with Crippen LogP contribution < -0.4 is 5.32 Å². The lowest BCUT2D eigenvalue weighted by Crippen LogP contribution is -2.35. The molecule has 0 saturated carbocycles. The summed E-state index contributed by atoms with van der Waals surface area (Å²) >= 11 is 1.14. The molecule has 0 aliphatic carbocycles. The number of halogens is 3. The van der Waals surface area contributed by atoms with E-state index in [-0.39, 0.29) is 5.13 Å². The van der Waals surface area contributed by atoms with Crippen molar-refractivity contribution < 1.29 is 27.9 Å². The van der Waals surface area contributed by atoms with Gasteiger partial charge in [0.05, 0.1) is 17.5 Å². The van der Waals surface area contributed by atoms with Gasteiger partial charge >= 0.3 is 18.2 Å². The summed E-state index contributed by atoms with van der Waals surface area (Å²) in [6.07, 6.45) is -4.66. The Hall–Kier alpha value is -1.84. The Morgan fingerprint density at radius 1 is 1.48 bits per heavy atom. The molecule has 1 aromatic heterocycles. The monoisotopic (exact) mass is 323 g/mol. The Morgan fingerprint density at radius 2 is 2.14 bits per heavy atom. The number of urea groups is 1. The molecule has 0 aromatic carbocycles. The second-order valence-electron chi connectivity index (χ2n) is 4.72. The van der Waals surface area contributed by atoms with E-state index in [9.17, 15) is 22.8 Å². The van der Waals surface area contributed by atoms with Gasteiger partial charge in [-0.15, -0.1) is 11.3 Å². The Balaban J connectivity index is 2.08. The first kappa shape index (κ1) is 15.5. The number of anilines is 1. The Kier molecular flexibility index (Phi) is 4.08. The van der Waals surface area contributed by atoms with E-state index in [0.29, 0.717) is 5.69 Å². The normalized spacial score (nSPS) is 22.4. The van der Waals surface area contributed by atoms with E-state index >= 15 is 0 Å². The lowest BCUT2D eigenvalue weighted by molar-refractivity contribution is -0.187. The molecule has 1 aliphatic heterocycles. The van der Waals surface area contributed by atoms with Gasteiger partial charge < -0.3 is 10.0 Å². The fourth-order valence-corrected chi connectivity index (χ4v) is 2.81. The predicted molar refractivity (Wildman–Crippen MR) is 68.1 cm³/mol. The summed E-state index contributed by atoms with van der Waals surface area (Å²) in [6.45, 7) is 0.564. The van der Waals surface area contributed by atoms with Crippen molar-refractivity contribution in [1.82, 2.24) is 9.88 Å². The number of amides is 2. The standard InChI is InChI=1S/C11H12F3N3O3S/c1-5-4-21-9(15-5)16-10(20)17-2-6(8(18)19)7(3-17)11(12,13)14/h4,6-7H,2-3H2,1H3,(H,18,19)(H,15,16,20)/t6-,7-/m1/s1. The molecule has 2 amide bonds. The number of nitrogens with one attached hydrogen (secondary N) is 1. The number of alkyl halides is 3. The van der Waals surface area contributed by atoms with E-state index in [0.717, 1.165) is 16.2 Å². The molecule has 116 valence electrons. The Bertz CT molecular complexity index is 560. The maximum atomic E-state index is 12.8. The summed E-state index contributed by atoms with van der Waals surface area (Å²) in [5.41, 5.74) is 0.674. The van der Waals surface area contributed by atoms with Gasteiger partial charge in [-0.25, -0.2) is 9.78 Å². The first-order valence-corrected chi connectivity index (χ1v) is 6.84. The van der Waals surface area contributed by atoms with Crippen LogP contribution in [0.1, 0.15) is 5.69 Å². The van der Waals surface area contributed by atoms with E-state index < -0.39 is 43.1 Å². The lowest BCUT2D eigenvalue weighted by Gasteiger charge is -2.18. The highest BCUT2D eigenvalue weighted by Crippen LogP contribution is 2.37. The summed E-state index contributed by atoms with van der Waals surface area (Å²) in [5.74, 6) is -5.26. The van der Waals surface area contributed by atoms with E-state index in [1.165, 1.54) is 0 Å². The number of carbonyl (C=O) groups is 2. The smallest absolute Gasteiger partial charge is 0.394 e. The molecular formula is C11H12F3N3O3S. The van der Waals surface area contributed by atoms with Gasteiger partial charge in [0.2, 0.25) is 0 Å². The molecule has 2 rings (SSSR count). The molecule has 0 unspecified atom stereocenters. The first-order chi connectivity index (χ1) is 9.68. The summed E-state index contributed by atoms with van der Waals surface area (Å²) < 4.78 is 38.4. The SMILES string of the molecule is Cc1csc(NC(=O)N2C[C@@H](C(F)(F)F)[C@H](C(=O)O)C2)n1. The van der Waals surface area contributed by atoms with Gasteiger partial charge in [-0.2, -0.15) is 13.2 Å². The second-order valence-corrected chi connectivity index (χ2v) is 5.58. The molecule has 1 fully saturated rings. The van der Waals surface area contributed by atoms with Gasteiger partial charge in [0.1, 0.15) is 0 Å². The number of carbonyl (C=O) groups excluding carboxylic acids is 1. The maximum absolute atomic E-state index is 12.8. The quantitative estimate of drug-likeness (QED) is 0.874. The molecule has 21 heavy (non-hydrogen) atoms. The van der Waals surface area contributed by atoms with Crippen LogP contribution in [0.4, 0.5) is 23.1 Å². The number of aliphatic carboxylic acids is 1. The van der Waals surface area contributed by atoms with Gasteiger partial charge in [0.25, 0.3) is 0 Å². The average Bonchev–Trinajstić information content (AvgIpc) is 2.94. The third kappa shape index (κ3) is 3.43. The van der Waals surface area contributed by atoms with Crippen LogP contribution in [0.15, 0.2) is 5.38 Å². The summed E-state index contributed by atoms with van der Waals surface area (Å²) in [5, 5.41) is 13.2. The second kappa shape index (κ2) is 5.51. The fraction of sp³-hybridized carbons (Fsp3) is 0.545. The number of carboxylic acid groups (broad SMARTS) is 1. The van der Waals surface area contributed by atoms with Crippen molar-refractivity contribution in [3.05, 3.63) is 11.1 Å². The number of hydrogen-bond acceptors (Lipinski definition) is 4. The van der Waals surface area contributed by atoms with Crippen molar-refractivity contribution in [2.45, 2.75) is 13.1 Å². The number of nitrogens with zero attached hydrogens (tertiary/aromatic N) is 2. The number of likely N-dealkylation sites (tertiary alicyclic amines) is 1. The van der Waals surface area contributed by atoms with Crippen LogP contribution in [0, 0.1) is 18.8 Å². The summed E-state index contributed by atoms with van der Waals surface area (Å²) in [7, 11) is 0. The number of aryl methyl sites for hydroxylation is 1. The molecule has 2 heterocycles. The third-order valence-electron chi connectivity index (χ3n) is 3.18. The van der Waals surface area contributed by atoms with Gasteiger partial charge in [-0.3, -0.25) is 10.1 Å².